The number of rotatable bonds is 2. The van der Waals surface area contributed by atoms with E-state index in [4.69, 9.17) is 5.26 Å². The molecule has 78 valence electrons. The summed E-state index contributed by atoms with van der Waals surface area (Å²) in [5.41, 5.74) is 0.419. The highest BCUT2D eigenvalue weighted by Crippen LogP contribution is 2.26. The minimum Gasteiger partial charge on any atom is -0.248 e. The van der Waals surface area contributed by atoms with Crippen LogP contribution in [0, 0.1) is 11.3 Å². The van der Waals surface area contributed by atoms with Crippen LogP contribution in [0.5, 0.6) is 0 Å². The second-order valence-electron chi connectivity index (χ2n) is 2.91. The number of hydrogen-bond acceptors (Lipinski definition) is 4. The predicted molar refractivity (Wildman–Crippen MR) is 65.0 cm³/mol. The number of aromatic nitrogens is 2. The van der Waals surface area contributed by atoms with E-state index in [9.17, 15) is 0 Å². The van der Waals surface area contributed by atoms with Gasteiger partial charge < -0.3 is 0 Å². The summed E-state index contributed by atoms with van der Waals surface area (Å²) in [5, 5.41) is 9.61. The largest absolute Gasteiger partial charge is 0.248 e. The van der Waals surface area contributed by atoms with Crippen molar-refractivity contribution in [3.63, 3.8) is 0 Å². The van der Waals surface area contributed by atoms with E-state index in [1.807, 2.05) is 24.3 Å². The van der Waals surface area contributed by atoms with Crippen molar-refractivity contribution in [2.45, 2.75) is 9.92 Å². The zero-order valence-corrected chi connectivity index (χ0v) is 10.5. The van der Waals surface area contributed by atoms with E-state index in [-0.39, 0.29) is 0 Å². The van der Waals surface area contributed by atoms with Crippen molar-refractivity contribution in [2.75, 3.05) is 0 Å². The third-order valence-electron chi connectivity index (χ3n) is 1.77. The first-order chi connectivity index (χ1) is 7.78. The van der Waals surface area contributed by atoms with Crippen molar-refractivity contribution in [3.05, 3.63) is 46.8 Å². The van der Waals surface area contributed by atoms with Gasteiger partial charge in [0.25, 0.3) is 0 Å². The van der Waals surface area contributed by atoms with E-state index >= 15 is 0 Å². The Hall–Kier alpha value is -1.38. The van der Waals surface area contributed by atoms with Gasteiger partial charge in [-0.25, -0.2) is 9.97 Å². The van der Waals surface area contributed by atoms with Crippen molar-refractivity contribution in [2.24, 2.45) is 0 Å². The lowest BCUT2D eigenvalue weighted by Crippen LogP contribution is -1.83. The molecule has 3 nitrogen and oxygen atoms in total. The van der Waals surface area contributed by atoms with Gasteiger partial charge in [0.15, 0.2) is 0 Å². The first kappa shape index (κ1) is 11.1. The lowest BCUT2D eigenvalue weighted by Gasteiger charge is -2.00. The number of nitriles is 1. The molecule has 0 aliphatic heterocycles. The van der Waals surface area contributed by atoms with Crippen molar-refractivity contribution in [3.8, 4) is 6.07 Å². The minimum atomic E-state index is 0.419. The molecule has 2 aromatic rings. The molecule has 0 amide bonds. The van der Waals surface area contributed by atoms with Crippen LogP contribution in [0.15, 0.2) is 51.1 Å². The van der Waals surface area contributed by atoms with Gasteiger partial charge >= 0.3 is 0 Å². The minimum absolute atomic E-state index is 0.419. The highest BCUT2D eigenvalue weighted by Gasteiger charge is 2.00. The molecule has 0 radical (unpaired) electrons. The summed E-state index contributed by atoms with van der Waals surface area (Å²) >= 11 is 4.83. The van der Waals surface area contributed by atoms with Gasteiger partial charge in [0.1, 0.15) is 16.8 Å². The summed E-state index contributed by atoms with van der Waals surface area (Å²) in [4.78, 5) is 9.11. The molecule has 0 aromatic carbocycles. The summed E-state index contributed by atoms with van der Waals surface area (Å²) in [6.45, 7) is 0. The van der Waals surface area contributed by atoms with Crippen LogP contribution < -0.4 is 0 Å². The number of hydrogen-bond donors (Lipinski definition) is 0. The maximum atomic E-state index is 8.72. The fourth-order valence-electron chi connectivity index (χ4n) is 1.08. The van der Waals surface area contributed by atoms with Crippen LogP contribution in [0.3, 0.4) is 0 Å². The van der Waals surface area contributed by atoms with Crippen LogP contribution >= 0.6 is 27.7 Å². The molecule has 0 saturated heterocycles. The second-order valence-corrected chi connectivity index (χ2v) is 4.91. The van der Waals surface area contributed by atoms with Crippen LogP contribution in [0.2, 0.25) is 0 Å². The summed E-state index contributed by atoms with van der Waals surface area (Å²) in [7, 11) is 0. The number of nitrogens with zero attached hydrogens (tertiary/aromatic N) is 3. The van der Waals surface area contributed by atoms with Gasteiger partial charge in [-0.3, -0.25) is 0 Å². The molecule has 2 heterocycles. The number of pyridine rings is 2. The lowest BCUT2D eigenvalue weighted by molar-refractivity contribution is 1.12. The van der Waals surface area contributed by atoms with E-state index in [0.29, 0.717) is 5.69 Å². The van der Waals surface area contributed by atoms with Crippen molar-refractivity contribution >= 4 is 27.7 Å². The van der Waals surface area contributed by atoms with Gasteiger partial charge in [-0.1, -0.05) is 11.8 Å². The zero-order chi connectivity index (χ0) is 11.4. The molecule has 0 saturated carbocycles. The van der Waals surface area contributed by atoms with Crippen LogP contribution in [0.4, 0.5) is 0 Å². The Labute approximate surface area is 106 Å². The zero-order valence-electron chi connectivity index (χ0n) is 8.09. The fourth-order valence-corrected chi connectivity index (χ4v) is 2.10. The van der Waals surface area contributed by atoms with Gasteiger partial charge in [0.05, 0.1) is 0 Å². The molecule has 0 N–H and O–H groups in total. The predicted octanol–water partition coefficient (Wildman–Crippen LogP) is 3.26. The normalized spacial score (nSPS) is 9.75. The maximum absolute atomic E-state index is 8.72. The molecule has 0 fully saturated rings. The van der Waals surface area contributed by atoms with Crippen LogP contribution in [0.1, 0.15) is 5.69 Å². The van der Waals surface area contributed by atoms with Crippen molar-refractivity contribution < 1.29 is 0 Å². The van der Waals surface area contributed by atoms with Crippen molar-refractivity contribution in [1.29, 1.82) is 5.26 Å². The van der Waals surface area contributed by atoms with E-state index in [0.717, 1.165) is 14.4 Å². The van der Waals surface area contributed by atoms with Crippen LogP contribution in [0.25, 0.3) is 0 Å². The summed E-state index contributed by atoms with van der Waals surface area (Å²) in [6.07, 6.45) is 3.37. The Morgan fingerprint density at radius 2 is 2.12 bits per heavy atom. The molecule has 2 rings (SSSR count). The summed E-state index contributed by atoms with van der Waals surface area (Å²) < 4.78 is 0.948. The monoisotopic (exact) mass is 291 g/mol. The van der Waals surface area contributed by atoms with Gasteiger partial charge in [-0.05, 0) is 40.2 Å². The molecule has 2 aromatic heterocycles. The number of halogens is 1. The Bertz CT molecular complexity index is 534. The molecule has 0 unspecified atom stereocenters. The highest BCUT2D eigenvalue weighted by molar-refractivity contribution is 9.10. The topological polar surface area (TPSA) is 49.6 Å². The first-order valence-electron chi connectivity index (χ1n) is 4.43. The van der Waals surface area contributed by atoms with Gasteiger partial charge in [0, 0.05) is 21.8 Å². The molecular weight excluding hydrogens is 286 g/mol. The van der Waals surface area contributed by atoms with Crippen LogP contribution in [-0.4, -0.2) is 9.97 Å². The second kappa shape index (κ2) is 5.10. The standard InChI is InChI=1S/C11H6BrN3S/c12-8-1-2-11(15-7-8)16-10-3-4-14-9(5-10)6-13/h1-5,7H. The average molecular weight is 292 g/mol. The fraction of sp³-hybridized carbons (Fsp3) is 0. The third-order valence-corrected chi connectivity index (χ3v) is 3.18. The molecule has 0 aliphatic carbocycles. The Morgan fingerprint density at radius 3 is 2.81 bits per heavy atom. The maximum Gasteiger partial charge on any atom is 0.141 e. The van der Waals surface area contributed by atoms with Gasteiger partial charge in [-0.2, -0.15) is 5.26 Å². The molecule has 0 bridgehead atoms. The van der Waals surface area contributed by atoms with Crippen LogP contribution in [-0.2, 0) is 0 Å². The average Bonchev–Trinajstić information content (AvgIpc) is 2.32. The Balaban J connectivity index is 2.21. The Kier molecular flexibility index (Phi) is 3.54. The molecule has 16 heavy (non-hydrogen) atoms. The molecular formula is C11H6BrN3S. The smallest absolute Gasteiger partial charge is 0.141 e. The quantitative estimate of drug-likeness (QED) is 0.852. The van der Waals surface area contributed by atoms with E-state index in [1.54, 1.807) is 18.5 Å². The molecule has 0 atom stereocenters. The molecule has 0 aliphatic rings. The van der Waals surface area contributed by atoms with E-state index in [1.165, 1.54) is 11.8 Å². The van der Waals surface area contributed by atoms with Crippen molar-refractivity contribution in [1.82, 2.24) is 9.97 Å². The lowest BCUT2D eigenvalue weighted by atomic mass is 10.4. The summed E-state index contributed by atoms with van der Waals surface area (Å²) in [6, 6.07) is 9.46. The van der Waals surface area contributed by atoms with E-state index < -0.39 is 0 Å². The SMILES string of the molecule is N#Cc1cc(Sc2ccc(Br)cn2)ccn1. The van der Waals surface area contributed by atoms with E-state index in [2.05, 4.69) is 25.9 Å². The Morgan fingerprint density at radius 1 is 1.25 bits per heavy atom. The molecule has 0 spiro atoms. The third kappa shape index (κ3) is 2.81. The molecule has 5 heteroatoms. The first-order valence-corrected chi connectivity index (χ1v) is 6.04. The highest BCUT2D eigenvalue weighted by atomic mass is 79.9. The summed E-state index contributed by atoms with van der Waals surface area (Å²) in [5.74, 6) is 0. The van der Waals surface area contributed by atoms with Gasteiger partial charge in [-0.15, -0.1) is 0 Å². The van der Waals surface area contributed by atoms with Gasteiger partial charge in [0.2, 0.25) is 0 Å².